The standard InChI is InChI=1S/C24H30N2.4BrH/c1-2-24(26-17-14-21-9-4-6-11-23(21)19-26)12-7-15-25-16-13-20-8-3-5-10-22(20)18-25;;;;/h3-6,8-11,18-19,24H,2,7,12-17H2,1H3;4*1H/q+2;;;;. The number of rotatable bonds is 6. The van der Waals surface area contributed by atoms with Crippen LogP contribution in [0.1, 0.15) is 48.4 Å². The van der Waals surface area contributed by atoms with Crippen LogP contribution in [0.25, 0.3) is 0 Å². The van der Waals surface area contributed by atoms with Crippen LogP contribution in [0.4, 0.5) is 0 Å². The van der Waals surface area contributed by atoms with Gasteiger partial charge in [-0.1, -0.05) is 43.3 Å². The number of hydrogen-bond acceptors (Lipinski definition) is 0. The fraction of sp³-hybridized carbons (Fsp3) is 0.417. The summed E-state index contributed by atoms with van der Waals surface area (Å²) in [6, 6.07) is 18.3. The third kappa shape index (κ3) is 7.39. The largest absolute Gasteiger partial charge is 0.235 e. The Labute approximate surface area is 223 Å². The van der Waals surface area contributed by atoms with Gasteiger partial charge in [0.25, 0.3) is 0 Å². The van der Waals surface area contributed by atoms with Crippen molar-refractivity contribution in [2.24, 2.45) is 0 Å². The van der Waals surface area contributed by atoms with Gasteiger partial charge < -0.3 is 0 Å². The Morgan fingerprint density at radius 2 is 1.33 bits per heavy atom. The lowest BCUT2D eigenvalue weighted by Gasteiger charge is -2.19. The molecule has 2 aromatic rings. The second-order valence-electron chi connectivity index (χ2n) is 7.63. The Morgan fingerprint density at radius 3 is 1.97 bits per heavy atom. The molecule has 1 unspecified atom stereocenters. The van der Waals surface area contributed by atoms with Crippen LogP contribution >= 0.6 is 67.9 Å². The highest BCUT2D eigenvalue weighted by molar-refractivity contribution is 8.93. The van der Waals surface area contributed by atoms with Crippen LogP contribution in [0.2, 0.25) is 0 Å². The number of fused-ring (bicyclic) bond motifs is 2. The van der Waals surface area contributed by atoms with E-state index < -0.39 is 0 Å². The summed E-state index contributed by atoms with van der Waals surface area (Å²) in [7, 11) is 0. The van der Waals surface area contributed by atoms with Gasteiger partial charge >= 0.3 is 0 Å². The van der Waals surface area contributed by atoms with Crippen molar-refractivity contribution in [2.45, 2.75) is 45.1 Å². The van der Waals surface area contributed by atoms with Gasteiger partial charge in [-0.2, -0.15) is 0 Å². The van der Waals surface area contributed by atoms with Crippen molar-refractivity contribution in [2.75, 3.05) is 19.6 Å². The normalized spacial score (nSPS) is 14.7. The smallest absolute Gasteiger partial charge is 0.171 e. The molecule has 30 heavy (non-hydrogen) atoms. The van der Waals surface area contributed by atoms with Crippen LogP contribution in [-0.4, -0.2) is 47.3 Å². The van der Waals surface area contributed by atoms with Crippen LogP contribution in [0.15, 0.2) is 48.5 Å². The van der Waals surface area contributed by atoms with Crippen molar-refractivity contribution in [3.8, 4) is 0 Å². The Morgan fingerprint density at radius 1 is 0.767 bits per heavy atom. The van der Waals surface area contributed by atoms with E-state index in [-0.39, 0.29) is 67.9 Å². The first-order valence-corrected chi connectivity index (χ1v) is 10.2. The van der Waals surface area contributed by atoms with E-state index >= 15 is 0 Å². The molecule has 2 heterocycles. The molecule has 0 fully saturated rings. The molecule has 0 saturated heterocycles. The monoisotopic (exact) mass is 666 g/mol. The average Bonchev–Trinajstić information content (AvgIpc) is 2.71. The van der Waals surface area contributed by atoms with Crippen LogP contribution in [-0.2, 0) is 12.8 Å². The van der Waals surface area contributed by atoms with Crippen molar-refractivity contribution < 1.29 is 9.15 Å². The van der Waals surface area contributed by atoms with Gasteiger partial charge in [-0.3, -0.25) is 0 Å². The zero-order chi connectivity index (χ0) is 17.8. The number of nitrogens with zero attached hydrogens (tertiary/aromatic N) is 2. The minimum Gasteiger partial charge on any atom is -0.235 e. The SMILES string of the molecule is Br.Br.Br.Br.CCC(CCC[N+]1=Cc2ccccc2CC1)[N+]1=Cc2ccccc2CC1. The van der Waals surface area contributed by atoms with Gasteiger partial charge in [0.05, 0.1) is 0 Å². The van der Waals surface area contributed by atoms with Gasteiger partial charge in [-0.05, 0) is 23.3 Å². The Kier molecular flexibility index (Phi) is 14.6. The maximum atomic E-state index is 2.59. The third-order valence-corrected chi connectivity index (χ3v) is 5.97. The zero-order valence-corrected chi connectivity index (χ0v) is 24.4. The second-order valence-corrected chi connectivity index (χ2v) is 7.63. The van der Waals surface area contributed by atoms with E-state index in [1.807, 2.05) is 0 Å². The molecule has 2 aliphatic heterocycles. The highest BCUT2D eigenvalue weighted by atomic mass is 79.9. The summed E-state index contributed by atoms with van der Waals surface area (Å²) in [6.07, 6.45) is 10.9. The number of benzene rings is 2. The molecule has 166 valence electrons. The summed E-state index contributed by atoms with van der Waals surface area (Å²) < 4.78 is 5.11. The van der Waals surface area contributed by atoms with Gasteiger partial charge in [0.15, 0.2) is 18.5 Å². The van der Waals surface area contributed by atoms with Crippen LogP contribution in [0.3, 0.4) is 0 Å². The molecule has 0 bridgehead atoms. The van der Waals surface area contributed by atoms with E-state index in [9.17, 15) is 0 Å². The van der Waals surface area contributed by atoms with E-state index in [1.165, 1.54) is 67.4 Å². The van der Waals surface area contributed by atoms with E-state index in [0.29, 0.717) is 6.04 Å². The first-order valence-electron chi connectivity index (χ1n) is 10.2. The lowest BCUT2D eigenvalue weighted by Crippen LogP contribution is -2.33. The zero-order valence-electron chi connectivity index (χ0n) is 17.5. The predicted molar refractivity (Wildman–Crippen MR) is 150 cm³/mol. The first kappa shape index (κ1) is 29.7. The van der Waals surface area contributed by atoms with E-state index in [4.69, 9.17) is 0 Å². The van der Waals surface area contributed by atoms with E-state index in [1.54, 1.807) is 0 Å². The highest BCUT2D eigenvalue weighted by Gasteiger charge is 2.24. The maximum absolute atomic E-state index is 2.59. The molecule has 0 saturated carbocycles. The predicted octanol–water partition coefficient (Wildman–Crippen LogP) is 6.23. The molecule has 0 amide bonds. The molecule has 4 rings (SSSR count). The van der Waals surface area contributed by atoms with E-state index in [0.717, 1.165) is 6.54 Å². The lowest BCUT2D eigenvalue weighted by molar-refractivity contribution is -0.567. The van der Waals surface area contributed by atoms with Gasteiger partial charge in [0.1, 0.15) is 19.6 Å². The van der Waals surface area contributed by atoms with Gasteiger partial charge in [-0.25, -0.2) is 9.15 Å². The van der Waals surface area contributed by atoms with Gasteiger partial charge in [-0.15, -0.1) is 67.9 Å². The molecule has 2 aromatic carbocycles. The molecular weight excluding hydrogens is 636 g/mol. The van der Waals surface area contributed by atoms with Gasteiger partial charge in [0.2, 0.25) is 0 Å². The van der Waals surface area contributed by atoms with Crippen LogP contribution in [0, 0.1) is 0 Å². The number of halogens is 4. The maximum Gasteiger partial charge on any atom is 0.171 e. The molecule has 0 N–H and O–H groups in total. The molecule has 1 atom stereocenters. The molecule has 6 heteroatoms. The Bertz CT molecular complexity index is 849. The van der Waals surface area contributed by atoms with E-state index in [2.05, 4.69) is 77.0 Å². The van der Waals surface area contributed by atoms with Crippen molar-refractivity contribution in [3.63, 3.8) is 0 Å². The van der Waals surface area contributed by atoms with Crippen LogP contribution < -0.4 is 0 Å². The minimum absolute atomic E-state index is 0. The fourth-order valence-electron chi connectivity index (χ4n) is 4.39. The van der Waals surface area contributed by atoms with Crippen molar-refractivity contribution in [1.82, 2.24) is 0 Å². The Balaban J connectivity index is 0.00000210. The summed E-state index contributed by atoms with van der Waals surface area (Å²) in [5.74, 6) is 0. The molecule has 2 nitrogen and oxygen atoms in total. The molecule has 0 spiro atoms. The van der Waals surface area contributed by atoms with Crippen molar-refractivity contribution >= 4 is 80.4 Å². The topological polar surface area (TPSA) is 6.02 Å². The summed E-state index contributed by atoms with van der Waals surface area (Å²) in [5, 5.41) is 0. The van der Waals surface area contributed by atoms with Crippen molar-refractivity contribution in [1.29, 1.82) is 0 Å². The van der Waals surface area contributed by atoms with Crippen LogP contribution in [0.5, 0.6) is 0 Å². The third-order valence-electron chi connectivity index (χ3n) is 5.97. The first-order chi connectivity index (χ1) is 12.8. The summed E-state index contributed by atoms with van der Waals surface area (Å²) in [4.78, 5) is 0. The number of hydrogen-bond donors (Lipinski definition) is 0. The lowest BCUT2D eigenvalue weighted by atomic mass is 9.99. The summed E-state index contributed by atoms with van der Waals surface area (Å²) in [6.45, 7) is 5.84. The molecule has 0 radical (unpaired) electrons. The Hall–Kier alpha value is -0.300. The molecule has 0 aliphatic carbocycles. The summed E-state index contributed by atoms with van der Waals surface area (Å²) in [5.41, 5.74) is 5.82. The highest BCUT2D eigenvalue weighted by Crippen LogP contribution is 2.16. The second kappa shape index (κ2) is 14.7. The minimum atomic E-state index is 0. The van der Waals surface area contributed by atoms with Crippen molar-refractivity contribution in [3.05, 3.63) is 70.8 Å². The summed E-state index contributed by atoms with van der Waals surface area (Å²) >= 11 is 0. The average molecular weight is 670 g/mol. The molecule has 0 aromatic heterocycles. The molecular formula is C24H34Br4N2+2. The van der Waals surface area contributed by atoms with Gasteiger partial charge in [0, 0.05) is 43.2 Å². The fourth-order valence-corrected chi connectivity index (χ4v) is 4.39. The quantitative estimate of drug-likeness (QED) is 0.322. The molecule has 2 aliphatic rings.